The van der Waals surface area contributed by atoms with Crippen LogP contribution >= 0.6 is 0 Å². The van der Waals surface area contributed by atoms with Crippen LogP contribution in [-0.2, 0) is 12.6 Å². The number of imidazole rings is 1. The Bertz CT molecular complexity index is 1530. The first-order valence-electron chi connectivity index (χ1n) is 11.7. The standard InChI is InChI=1S/C25H22F4N6O/c1-12-6-13-2-4-17-14(3-5-21(32-17)25(27,28)29)22(13)34(10-12)24(36)15-7-19-18(8-16(15)26)33-23(30)20-9-31-11-35(19)20/h3,5,7-9,11-13,22H,2,4,6,10H2,1H3,(H2,30,33)/t12-,13?,22-/m1/s1. The quantitative estimate of drug-likeness (QED) is 0.381. The molecule has 11 heteroatoms. The van der Waals surface area contributed by atoms with Crippen LogP contribution in [-0.4, -0.2) is 36.7 Å². The fourth-order valence-corrected chi connectivity index (χ4v) is 5.81. The number of hydrogen-bond donors (Lipinski definition) is 1. The molecule has 186 valence electrons. The van der Waals surface area contributed by atoms with Crippen molar-refractivity contribution >= 4 is 28.3 Å². The zero-order valence-electron chi connectivity index (χ0n) is 19.3. The predicted molar refractivity (Wildman–Crippen MR) is 123 cm³/mol. The molecule has 7 nitrogen and oxygen atoms in total. The first-order chi connectivity index (χ1) is 17.1. The number of piperidine rings is 1. The van der Waals surface area contributed by atoms with Gasteiger partial charge in [0.15, 0.2) is 0 Å². The Morgan fingerprint density at radius 1 is 1.17 bits per heavy atom. The van der Waals surface area contributed by atoms with Crippen LogP contribution < -0.4 is 5.73 Å². The van der Waals surface area contributed by atoms with E-state index in [1.54, 1.807) is 9.30 Å². The Hall–Kier alpha value is -3.76. The summed E-state index contributed by atoms with van der Waals surface area (Å²) in [7, 11) is 0. The molecule has 0 bridgehead atoms. The average molecular weight is 498 g/mol. The van der Waals surface area contributed by atoms with Crippen molar-refractivity contribution in [3.63, 3.8) is 0 Å². The highest BCUT2D eigenvalue weighted by molar-refractivity contribution is 5.99. The molecule has 3 aromatic heterocycles. The van der Waals surface area contributed by atoms with E-state index in [1.807, 2.05) is 6.92 Å². The number of benzene rings is 1. The summed E-state index contributed by atoms with van der Waals surface area (Å²) >= 11 is 0. The Labute approximate surface area is 203 Å². The van der Waals surface area contributed by atoms with Gasteiger partial charge in [0.05, 0.1) is 35.2 Å². The molecule has 0 saturated carbocycles. The summed E-state index contributed by atoms with van der Waals surface area (Å²) < 4.78 is 56.7. The number of carbonyl (C=O) groups is 1. The van der Waals surface area contributed by atoms with E-state index in [4.69, 9.17) is 5.73 Å². The predicted octanol–water partition coefficient (Wildman–Crippen LogP) is 4.80. The number of likely N-dealkylation sites (tertiary alicyclic amines) is 1. The summed E-state index contributed by atoms with van der Waals surface area (Å²) in [5.74, 6) is -0.863. The van der Waals surface area contributed by atoms with Gasteiger partial charge in [-0.05, 0) is 48.8 Å². The fourth-order valence-electron chi connectivity index (χ4n) is 5.81. The van der Waals surface area contributed by atoms with Crippen molar-refractivity contribution in [2.24, 2.45) is 11.8 Å². The average Bonchev–Trinajstić information content (AvgIpc) is 3.32. The van der Waals surface area contributed by atoms with E-state index in [9.17, 15) is 18.0 Å². The van der Waals surface area contributed by atoms with Gasteiger partial charge in [0.25, 0.3) is 5.91 Å². The Kier molecular flexibility index (Phi) is 4.96. The molecule has 1 amide bonds. The molecular weight excluding hydrogens is 476 g/mol. The number of nitrogens with zero attached hydrogens (tertiary/aromatic N) is 5. The van der Waals surface area contributed by atoms with Gasteiger partial charge in [-0.1, -0.05) is 13.0 Å². The molecule has 1 aliphatic carbocycles. The number of halogens is 4. The van der Waals surface area contributed by atoms with Crippen LogP contribution in [0.25, 0.3) is 16.6 Å². The van der Waals surface area contributed by atoms with Crippen molar-refractivity contribution in [2.75, 3.05) is 12.3 Å². The number of hydrogen-bond acceptors (Lipinski definition) is 5. The minimum atomic E-state index is -4.55. The van der Waals surface area contributed by atoms with Crippen molar-refractivity contribution in [1.29, 1.82) is 0 Å². The number of carbonyl (C=O) groups excluding carboxylic acids is 1. The van der Waals surface area contributed by atoms with Crippen LogP contribution in [0.4, 0.5) is 23.4 Å². The maximum absolute atomic E-state index is 15.3. The summed E-state index contributed by atoms with van der Waals surface area (Å²) in [5, 5.41) is 0. The molecule has 1 unspecified atom stereocenters. The zero-order valence-corrected chi connectivity index (χ0v) is 19.3. The molecule has 3 atom stereocenters. The molecule has 36 heavy (non-hydrogen) atoms. The van der Waals surface area contributed by atoms with Gasteiger partial charge in [0.1, 0.15) is 22.8 Å². The first-order valence-corrected chi connectivity index (χ1v) is 11.7. The van der Waals surface area contributed by atoms with Crippen LogP contribution in [0.5, 0.6) is 0 Å². The van der Waals surface area contributed by atoms with Gasteiger partial charge in [-0.3, -0.25) is 9.20 Å². The number of fused-ring (bicyclic) bond motifs is 6. The molecule has 1 aliphatic heterocycles. The molecule has 0 radical (unpaired) electrons. The molecule has 0 spiro atoms. The van der Waals surface area contributed by atoms with E-state index in [0.717, 1.165) is 12.5 Å². The summed E-state index contributed by atoms with van der Waals surface area (Å²) in [6.45, 7) is 2.38. The Morgan fingerprint density at radius 3 is 2.75 bits per heavy atom. The Morgan fingerprint density at radius 2 is 1.97 bits per heavy atom. The van der Waals surface area contributed by atoms with Crippen molar-refractivity contribution in [3.05, 3.63) is 65.1 Å². The number of aromatic nitrogens is 4. The van der Waals surface area contributed by atoms with Crippen molar-refractivity contribution in [1.82, 2.24) is 24.3 Å². The minimum Gasteiger partial charge on any atom is -0.382 e. The lowest BCUT2D eigenvalue weighted by Gasteiger charge is -2.47. The minimum absolute atomic E-state index is 0.0501. The highest BCUT2D eigenvalue weighted by atomic mass is 19.4. The summed E-state index contributed by atoms with van der Waals surface area (Å²) in [4.78, 5) is 27.7. The summed E-state index contributed by atoms with van der Waals surface area (Å²) in [6.07, 6.45) is 0.345. The largest absolute Gasteiger partial charge is 0.433 e. The molecule has 1 aromatic carbocycles. The number of nitrogen functional groups attached to an aromatic ring is 1. The highest BCUT2D eigenvalue weighted by Crippen LogP contribution is 2.46. The number of pyridine rings is 1. The second-order valence-electron chi connectivity index (χ2n) is 9.74. The third kappa shape index (κ3) is 3.48. The molecule has 6 rings (SSSR count). The number of nitrogens with two attached hydrogens (primary N) is 1. The van der Waals surface area contributed by atoms with Crippen molar-refractivity contribution < 1.29 is 22.4 Å². The van der Waals surface area contributed by atoms with E-state index in [0.29, 0.717) is 41.7 Å². The molecule has 1 saturated heterocycles. The monoisotopic (exact) mass is 498 g/mol. The first kappa shape index (κ1) is 22.7. The molecule has 4 heterocycles. The van der Waals surface area contributed by atoms with Crippen molar-refractivity contribution in [3.8, 4) is 0 Å². The Balaban J connectivity index is 1.46. The van der Waals surface area contributed by atoms with E-state index in [1.165, 1.54) is 30.7 Å². The van der Waals surface area contributed by atoms with Gasteiger partial charge in [0.2, 0.25) is 0 Å². The van der Waals surface area contributed by atoms with Crippen LogP contribution in [0.2, 0.25) is 0 Å². The SMILES string of the molecule is C[C@@H]1CC2CCc3nc(C(F)(F)F)ccc3[C@@H]2N(C(=O)c2cc3c(cc2F)nc(N)c2cncn23)C1. The number of amides is 1. The normalized spacial score (nSPS) is 22.0. The van der Waals surface area contributed by atoms with Crippen molar-refractivity contribution in [2.45, 2.75) is 38.4 Å². The summed E-state index contributed by atoms with van der Waals surface area (Å²) in [6, 6.07) is 4.54. The third-order valence-electron chi connectivity index (χ3n) is 7.32. The van der Waals surface area contributed by atoms with Gasteiger partial charge in [-0.15, -0.1) is 0 Å². The smallest absolute Gasteiger partial charge is 0.382 e. The third-order valence-corrected chi connectivity index (χ3v) is 7.32. The second kappa shape index (κ2) is 7.87. The number of rotatable bonds is 1. The van der Waals surface area contributed by atoms with E-state index in [-0.39, 0.29) is 28.7 Å². The lowest BCUT2D eigenvalue weighted by molar-refractivity contribution is -0.141. The summed E-state index contributed by atoms with van der Waals surface area (Å²) in [5.41, 5.74) is 7.12. The molecule has 2 N–H and O–H groups in total. The molecule has 2 aliphatic rings. The fraction of sp³-hybridized carbons (Fsp3) is 0.360. The topological polar surface area (TPSA) is 89.4 Å². The highest BCUT2D eigenvalue weighted by Gasteiger charge is 2.43. The van der Waals surface area contributed by atoms with Gasteiger partial charge in [0, 0.05) is 18.3 Å². The molecule has 4 aromatic rings. The van der Waals surface area contributed by atoms with E-state index >= 15 is 4.39 Å². The lowest BCUT2D eigenvalue weighted by atomic mass is 9.73. The van der Waals surface area contributed by atoms with Crippen LogP contribution in [0.3, 0.4) is 0 Å². The zero-order chi connectivity index (χ0) is 25.4. The maximum atomic E-state index is 15.3. The molecule has 1 fully saturated rings. The van der Waals surface area contributed by atoms with E-state index < -0.39 is 29.6 Å². The van der Waals surface area contributed by atoms with E-state index in [2.05, 4.69) is 15.0 Å². The number of anilines is 1. The van der Waals surface area contributed by atoms with Gasteiger partial charge in [-0.2, -0.15) is 13.2 Å². The van der Waals surface area contributed by atoms with Crippen LogP contribution in [0.15, 0.2) is 36.8 Å². The van der Waals surface area contributed by atoms with Crippen LogP contribution in [0, 0.1) is 17.7 Å². The van der Waals surface area contributed by atoms with Crippen LogP contribution in [0.1, 0.15) is 53.1 Å². The van der Waals surface area contributed by atoms with Gasteiger partial charge < -0.3 is 10.6 Å². The lowest BCUT2D eigenvalue weighted by Crippen LogP contribution is -2.48. The number of alkyl halides is 3. The second-order valence-corrected chi connectivity index (χ2v) is 9.74. The maximum Gasteiger partial charge on any atom is 0.433 e. The number of aryl methyl sites for hydroxylation is 1. The van der Waals surface area contributed by atoms with Gasteiger partial charge >= 0.3 is 6.18 Å². The van der Waals surface area contributed by atoms with Gasteiger partial charge in [-0.25, -0.2) is 19.3 Å². The molecular formula is C25H22F4N6O.